The molecule has 1 aliphatic heterocycles. The SMILES string of the molecule is CCOC(=O)COc1c(Br)cc(C)cc1CN1CCC(C)(CN)C1. The highest BCUT2D eigenvalue weighted by Crippen LogP contribution is 2.35. The van der Waals surface area contributed by atoms with E-state index in [4.69, 9.17) is 15.2 Å². The molecular weight excluding hydrogens is 372 g/mol. The van der Waals surface area contributed by atoms with Crippen LogP contribution in [0, 0.1) is 12.3 Å². The summed E-state index contributed by atoms with van der Waals surface area (Å²) >= 11 is 3.56. The van der Waals surface area contributed by atoms with E-state index in [0.29, 0.717) is 13.2 Å². The molecule has 0 aliphatic carbocycles. The molecule has 1 unspecified atom stereocenters. The molecule has 1 heterocycles. The molecule has 0 spiro atoms. The largest absolute Gasteiger partial charge is 0.480 e. The van der Waals surface area contributed by atoms with Gasteiger partial charge in [-0.1, -0.05) is 13.0 Å². The molecule has 0 bridgehead atoms. The predicted molar refractivity (Wildman–Crippen MR) is 98.1 cm³/mol. The number of carbonyl (C=O) groups is 1. The molecule has 1 fully saturated rings. The highest BCUT2D eigenvalue weighted by molar-refractivity contribution is 9.10. The van der Waals surface area contributed by atoms with Gasteiger partial charge in [-0.15, -0.1) is 0 Å². The maximum Gasteiger partial charge on any atom is 0.344 e. The molecular formula is C18H27BrN2O3. The van der Waals surface area contributed by atoms with E-state index < -0.39 is 0 Å². The van der Waals surface area contributed by atoms with Crippen LogP contribution in [0.25, 0.3) is 0 Å². The minimum Gasteiger partial charge on any atom is -0.480 e. The van der Waals surface area contributed by atoms with Gasteiger partial charge in [0.2, 0.25) is 0 Å². The van der Waals surface area contributed by atoms with Crippen LogP contribution in [-0.2, 0) is 16.1 Å². The van der Waals surface area contributed by atoms with Crippen LogP contribution in [0.2, 0.25) is 0 Å². The fraction of sp³-hybridized carbons (Fsp3) is 0.611. The average molecular weight is 399 g/mol. The topological polar surface area (TPSA) is 64.8 Å². The Morgan fingerprint density at radius 3 is 2.83 bits per heavy atom. The van der Waals surface area contributed by atoms with E-state index in [1.165, 1.54) is 0 Å². The molecule has 0 amide bonds. The number of likely N-dealkylation sites (tertiary alicyclic amines) is 1. The van der Waals surface area contributed by atoms with Gasteiger partial charge in [0, 0.05) is 18.7 Å². The molecule has 24 heavy (non-hydrogen) atoms. The summed E-state index contributed by atoms with van der Waals surface area (Å²) in [6, 6.07) is 4.11. The van der Waals surface area contributed by atoms with Crippen molar-refractivity contribution in [1.29, 1.82) is 0 Å². The number of hydrogen-bond acceptors (Lipinski definition) is 5. The van der Waals surface area contributed by atoms with Crippen molar-refractivity contribution in [3.8, 4) is 5.75 Å². The molecule has 134 valence electrons. The van der Waals surface area contributed by atoms with Gasteiger partial charge in [-0.2, -0.15) is 0 Å². The average Bonchev–Trinajstić information content (AvgIpc) is 2.88. The quantitative estimate of drug-likeness (QED) is 0.715. The minimum absolute atomic E-state index is 0.0803. The fourth-order valence-corrected chi connectivity index (χ4v) is 3.81. The second-order valence-electron chi connectivity index (χ2n) is 6.80. The van der Waals surface area contributed by atoms with Crippen molar-refractivity contribution in [2.24, 2.45) is 11.1 Å². The van der Waals surface area contributed by atoms with Crippen molar-refractivity contribution < 1.29 is 14.3 Å². The van der Waals surface area contributed by atoms with Crippen LogP contribution in [0.4, 0.5) is 0 Å². The summed E-state index contributed by atoms with van der Waals surface area (Å²) in [5.74, 6) is 0.364. The second-order valence-corrected chi connectivity index (χ2v) is 7.66. The van der Waals surface area contributed by atoms with E-state index >= 15 is 0 Å². The zero-order valence-corrected chi connectivity index (χ0v) is 16.3. The summed E-state index contributed by atoms with van der Waals surface area (Å²) in [6.07, 6.45) is 1.11. The summed E-state index contributed by atoms with van der Waals surface area (Å²) in [6.45, 7) is 9.84. The van der Waals surface area contributed by atoms with E-state index in [9.17, 15) is 4.79 Å². The van der Waals surface area contributed by atoms with Crippen LogP contribution < -0.4 is 10.5 Å². The second kappa shape index (κ2) is 8.32. The van der Waals surface area contributed by atoms with Crippen LogP contribution >= 0.6 is 15.9 Å². The molecule has 1 aromatic carbocycles. The Hall–Kier alpha value is -1.11. The van der Waals surface area contributed by atoms with Crippen molar-refractivity contribution >= 4 is 21.9 Å². The van der Waals surface area contributed by atoms with E-state index in [1.807, 2.05) is 6.07 Å². The van der Waals surface area contributed by atoms with Gasteiger partial charge in [0.05, 0.1) is 11.1 Å². The van der Waals surface area contributed by atoms with Crippen molar-refractivity contribution in [3.05, 3.63) is 27.7 Å². The molecule has 1 aromatic rings. The summed E-state index contributed by atoms with van der Waals surface area (Å²) in [5.41, 5.74) is 8.32. The lowest BCUT2D eigenvalue weighted by atomic mass is 9.90. The standard InChI is InChI=1S/C18H27BrN2O3/c1-4-23-16(22)10-24-17-14(7-13(2)8-15(17)19)9-21-6-5-18(3,11-20)12-21/h7-8H,4-6,9-12,20H2,1-3H3. The first-order valence-corrected chi connectivity index (χ1v) is 9.16. The van der Waals surface area contributed by atoms with E-state index in [1.54, 1.807) is 6.92 Å². The number of nitrogens with two attached hydrogens (primary N) is 1. The molecule has 1 saturated heterocycles. The number of benzene rings is 1. The first-order chi connectivity index (χ1) is 11.4. The van der Waals surface area contributed by atoms with Gasteiger partial charge in [0.15, 0.2) is 6.61 Å². The third kappa shape index (κ3) is 4.94. The van der Waals surface area contributed by atoms with Crippen molar-refractivity contribution in [1.82, 2.24) is 4.90 Å². The molecule has 2 N–H and O–H groups in total. The third-order valence-corrected chi connectivity index (χ3v) is 5.02. The smallest absolute Gasteiger partial charge is 0.344 e. The summed E-state index contributed by atoms with van der Waals surface area (Å²) in [4.78, 5) is 14.0. The molecule has 2 rings (SSSR count). The molecule has 5 nitrogen and oxygen atoms in total. The highest BCUT2D eigenvalue weighted by atomic mass is 79.9. The molecule has 1 aliphatic rings. The Bertz CT molecular complexity index is 594. The summed E-state index contributed by atoms with van der Waals surface area (Å²) in [7, 11) is 0. The molecule has 6 heteroatoms. The molecule has 0 aromatic heterocycles. The van der Waals surface area contributed by atoms with Gasteiger partial charge in [-0.25, -0.2) is 4.79 Å². The molecule has 0 radical (unpaired) electrons. The van der Waals surface area contributed by atoms with Gasteiger partial charge in [-0.3, -0.25) is 4.90 Å². The number of carbonyl (C=O) groups excluding carboxylic acids is 1. The van der Waals surface area contributed by atoms with Gasteiger partial charge in [0.1, 0.15) is 5.75 Å². The van der Waals surface area contributed by atoms with Crippen molar-refractivity contribution in [2.45, 2.75) is 33.7 Å². The van der Waals surface area contributed by atoms with Gasteiger partial charge in [0.25, 0.3) is 0 Å². The van der Waals surface area contributed by atoms with Crippen LogP contribution in [-0.4, -0.2) is 43.7 Å². The first kappa shape index (κ1) is 19.2. The number of halogens is 1. The fourth-order valence-electron chi connectivity index (χ4n) is 3.08. The lowest BCUT2D eigenvalue weighted by molar-refractivity contribution is -0.145. The van der Waals surface area contributed by atoms with E-state index in [2.05, 4.69) is 40.7 Å². The number of hydrogen-bond donors (Lipinski definition) is 1. The predicted octanol–water partition coefficient (Wildman–Crippen LogP) is 2.87. The van der Waals surface area contributed by atoms with Crippen molar-refractivity contribution in [2.75, 3.05) is 32.8 Å². The Morgan fingerprint density at radius 1 is 1.46 bits per heavy atom. The van der Waals surface area contributed by atoms with Crippen LogP contribution in [0.1, 0.15) is 31.4 Å². The van der Waals surface area contributed by atoms with Crippen molar-refractivity contribution in [3.63, 3.8) is 0 Å². The van der Waals surface area contributed by atoms with Crippen LogP contribution in [0.3, 0.4) is 0 Å². The third-order valence-electron chi connectivity index (χ3n) is 4.43. The molecule has 0 saturated carbocycles. The zero-order valence-electron chi connectivity index (χ0n) is 14.7. The monoisotopic (exact) mass is 398 g/mol. The van der Waals surface area contributed by atoms with Gasteiger partial charge < -0.3 is 15.2 Å². The molecule has 1 atom stereocenters. The highest BCUT2D eigenvalue weighted by Gasteiger charge is 2.32. The number of nitrogens with zero attached hydrogens (tertiary/aromatic N) is 1. The summed E-state index contributed by atoms with van der Waals surface area (Å²) in [5, 5.41) is 0. The minimum atomic E-state index is -0.354. The Morgan fingerprint density at radius 2 is 2.21 bits per heavy atom. The van der Waals surface area contributed by atoms with Gasteiger partial charge >= 0.3 is 5.97 Å². The van der Waals surface area contributed by atoms with E-state index in [-0.39, 0.29) is 18.0 Å². The lowest BCUT2D eigenvalue weighted by Crippen LogP contribution is -2.31. The van der Waals surface area contributed by atoms with Crippen LogP contribution in [0.5, 0.6) is 5.75 Å². The van der Waals surface area contributed by atoms with E-state index in [0.717, 1.165) is 47.4 Å². The lowest BCUT2D eigenvalue weighted by Gasteiger charge is -2.23. The Labute approximate surface area is 152 Å². The first-order valence-electron chi connectivity index (χ1n) is 8.37. The number of ether oxygens (including phenoxy) is 2. The number of esters is 1. The van der Waals surface area contributed by atoms with Gasteiger partial charge in [-0.05, 0) is 66.3 Å². The van der Waals surface area contributed by atoms with Crippen LogP contribution in [0.15, 0.2) is 16.6 Å². The Balaban J connectivity index is 2.12. The number of aryl methyl sites for hydroxylation is 1. The zero-order chi connectivity index (χ0) is 17.7. The maximum absolute atomic E-state index is 11.6. The number of rotatable bonds is 7. The Kier molecular flexibility index (Phi) is 6.66. The normalized spacial score (nSPS) is 21.0. The summed E-state index contributed by atoms with van der Waals surface area (Å²) < 4.78 is 11.6. The maximum atomic E-state index is 11.6.